The highest BCUT2D eigenvalue weighted by Gasteiger charge is 2.27. The number of esters is 1. The molecule has 0 spiro atoms. The Labute approximate surface area is 204 Å². The lowest BCUT2D eigenvalue weighted by atomic mass is 10.2. The third kappa shape index (κ3) is 4.97. The van der Waals surface area contributed by atoms with Crippen molar-refractivity contribution in [2.24, 2.45) is 0 Å². The SMILES string of the molecule is CCOC(=O)C=C1SCC(=O)N1CCSc1nc2ccccc2c(=O)n1-c1ccccc1OC. The molecule has 0 unspecified atom stereocenters. The summed E-state index contributed by atoms with van der Waals surface area (Å²) in [5, 5.41) is 1.56. The normalized spacial score (nSPS) is 14.7. The number of para-hydroxylation sites is 3. The fraction of sp³-hybridized carbons (Fsp3) is 0.250. The number of thioether (sulfide) groups is 2. The lowest BCUT2D eigenvalue weighted by Gasteiger charge is -2.18. The van der Waals surface area contributed by atoms with Gasteiger partial charge in [0.2, 0.25) is 5.91 Å². The van der Waals surface area contributed by atoms with Gasteiger partial charge in [0.05, 0.1) is 47.2 Å². The summed E-state index contributed by atoms with van der Waals surface area (Å²) in [6, 6.07) is 14.5. The first-order valence-corrected chi connectivity index (χ1v) is 12.6. The summed E-state index contributed by atoms with van der Waals surface area (Å²) in [6.45, 7) is 2.36. The number of fused-ring (bicyclic) bond motifs is 1. The minimum Gasteiger partial charge on any atom is -0.495 e. The second kappa shape index (κ2) is 10.8. The van der Waals surface area contributed by atoms with E-state index in [4.69, 9.17) is 14.5 Å². The lowest BCUT2D eigenvalue weighted by Crippen LogP contribution is -2.28. The van der Waals surface area contributed by atoms with Crippen molar-refractivity contribution in [3.63, 3.8) is 0 Å². The number of amides is 1. The van der Waals surface area contributed by atoms with Crippen LogP contribution in [-0.4, -0.2) is 58.1 Å². The number of hydrogen-bond acceptors (Lipinski definition) is 8. The average Bonchev–Trinajstić information content (AvgIpc) is 3.18. The molecule has 0 radical (unpaired) electrons. The molecule has 176 valence electrons. The zero-order chi connectivity index (χ0) is 24.1. The molecule has 1 aromatic heterocycles. The van der Waals surface area contributed by atoms with Crippen LogP contribution < -0.4 is 10.3 Å². The van der Waals surface area contributed by atoms with Gasteiger partial charge in [-0.25, -0.2) is 9.78 Å². The summed E-state index contributed by atoms with van der Waals surface area (Å²) >= 11 is 2.67. The summed E-state index contributed by atoms with van der Waals surface area (Å²) in [7, 11) is 1.55. The zero-order valence-electron chi connectivity index (χ0n) is 18.7. The molecule has 1 aliphatic heterocycles. The Balaban J connectivity index is 1.65. The maximum atomic E-state index is 13.4. The number of methoxy groups -OCH3 is 1. The van der Waals surface area contributed by atoms with Gasteiger partial charge < -0.3 is 14.4 Å². The number of rotatable bonds is 8. The Bertz CT molecular complexity index is 1320. The number of aromatic nitrogens is 2. The Morgan fingerprint density at radius 3 is 2.74 bits per heavy atom. The molecule has 0 N–H and O–H groups in total. The Hall–Kier alpha value is -3.24. The molecule has 8 nitrogen and oxygen atoms in total. The van der Waals surface area contributed by atoms with Crippen LogP contribution in [0, 0.1) is 0 Å². The second-order valence-electron chi connectivity index (χ2n) is 7.14. The van der Waals surface area contributed by atoms with Crippen molar-refractivity contribution >= 4 is 46.3 Å². The molecule has 2 heterocycles. The maximum absolute atomic E-state index is 13.4. The van der Waals surface area contributed by atoms with Crippen LogP contribution in [-0.2, 0) is 14.3 Å². The summed E-state index contributed by atoms with van der Waals surface area (Å²) in [6.07, 6.45) is 1.35. The fourth-order valence-corrected chi connectivity index (χ4v) is 5.40. The van der Waals surface area contributed by atoms with E-state index in [0.29, 0.717) is 44.8 Å². The predicted octanol–water partition coefficient (Wildman–Crippen LogP) is 3.47. The minimum atomic E-state index is -0.474. The molecule has 0 aliphatic carbocycles. The number of ether oxygens (including phenoxy) is 2. The van der Waals surface area contributed by atoms with Crippen LogP contribution in [0.15, 0.2) is 69.6 Å². The van der Waals surface area contributed by atoms with Gasteiger partial charge in [0, 0.05) is 12.3 Å². The quantitative estimate of drug-likeness (QED) is 0.202. The standard InChI is InChI=1S/C24H23N3O5S2/c1-3-32-22(29)14-21-26(20(28)15-34-21)12-13-33-24-25-17-9-5-4-8-16(17)23(30)27(24)18-10-6-7-11-19(18)31-2/h4-11,14H,3,12-13,15H2,1-2H3. The van der Waals surface area contributed by atoms with E-state index in [1.807, 2.05) is 24.3 Å². The summed E-state index contributed by atoms with van der Waals surface area (Å²) in [5.41, 5.74) is 0.983. The van der Waals surface area contributed by atoms with Gasteiger partial charge in [0.15, 0.2) is 5.16 Å². The predicted molar refractivity (Wildman–Crippen MR) is 134 cm³/mol. The molecule has 34 heavy (non-hydrogen) atoms. The maximum Gasteiger partial charge on any atom is 0.333 e. The summed E-state index contributed by atoms with van der Waals surface area (Å²) in [4.78, 5) is 44.0. The first-order chi connectivity index (χ1) is 16.5. The van der Waals surface area contributed by atoms with Gasteiger partial charge in [-0.3, -0.25) is 14.2 Å². The molecule has 3 aromatic rings. The van der Waals surface area contributed by atoms with Gasteiger partial charge in [-0.2, -0.15) is 0 Å². The molecule has 10 heteroatoms. The number of hydrogen-bond donors (Lipinski definition) is 0. The molecule has 2 aromatic carbocycles. The fourth-order valence-electron chi connectivity index (χ4n) is 3.52. The van der Waals surface area contributed by atoms with Gasteiger partial charge >= 0.3 is 5.97 Å². The molecule has 1 saturated heterocycles. The molecule has 0 bridgehead atoms. The minimum absolute atomic E-state index is 0.0743. The molecule has 1 fully saturated rings. The van der Waals surface area contributed by atoms with E-state index in [2.05, 4.69) is 0 Å². The van der Waals surface area contributed by atoms with Gasteiger partial charge in [-0.15, -0.1) is 0 Å². The van der Waals surface area contributed by atoms with Crippen LogP contribution >= 0.6 is 23.5 Å². The molecule has 1 amide bonds. The van der Waals surface area contributed by atoms with Gasteiger partial charge in [0.25, 0.3) is 5.56 Å². The second-order valence-corrected chi connectivity index (χ2v) is 9.20. The van der Waals surface area contributed by atoms with Crippen molar-refractivity contribution in [1.82, 2.24) is 14.5 Å². The van der Waals surface area contributed by atoms with E-state index < -0.39 is 5.97 Å². The number of carbonyl (C=O) groups excluding carboxylic acids is 2. The molecule has 0 atom stereocenters. The summed E-state index contributed by atoms with van der Waals surface area (Å²) < 4.78 is 12.0. The molecular weight excluding hydrogens is 474 g/mol. The Morgan fingerprint density at radius 1 is 1.18 bits per heavy atom. The Morgan fingerprint density at radius 2 is 1.94 bits per heavy atom. The largest absolute Gasteiger partial charge is 0.495 e. The third-order valence-corrected chi connectivity index (χ3v) is 7.00. The lowest BCUT2D eigenvalue weighted by molar-refractivity contribution is -0.137. The third-order valence-electron chi connectivity index (χ3n) is 5.06. The van der Waals surface area contributed by atoms with Gasteiger partial charge in [-0.05, 0) is 31.2 Å². The highest BCUT2D eigenvalue weighted by molar-refractivity contribution is 8.04. The van der Waals surface area contributed by atoms with Crippen molar-refractivity contribution in [1.29, 1.82) is 0 Å². The number of carbonyl (C=O) groups is 2. The van der Waals surface area contributed by atoms with Crippen LogP contribution in [0.4, 0.5) is 0 Å². The van der Waals surface area contributed by atoms with Crippen molar-refractivity contribution in [2.75, 3.05) is 31.8 Å². The van der Waals surface area contributed by atoms with Crippen LogP contribution in [0.25, 0.3) is 16.6 Å². The van der Waals surface area contributed by atoms with Crippen molar-refractivity contribution in [3.8, 4) is 11.4 Å². The van der Waals surface area contributed by atoms with E-state index in [1.165, 1.54) is 29.6 Å². The first kappa shape index (κ1) is 23.9. The summed E-state index contributed by atoms with van der Waals surface area (Å²) in [5.74, 6) is 0.741. The topological polar surface area (TPSA) is 90.7 Å². The van der Waals surface area contributed by atoms with E-state index in [1.54, 1.807) is 47.8 Å². The van der Waals surface area contributed by atoms with Crippen LogP contribution in [0.2, 0.25) is 0 Å². The van der Waals surface area contributed by atoms with Gasteiger partial charge in [0.1, 0.15) is 5.75 Å². The molecule has 0 saturated carbocycles. The Kier molecular flexibility index (Phi) is 7.59. The van der Waals surface area contributed by atoms with Crippen LogP contribution in [0.3, 0.4) is 0 Å². The highest BCUT2D eigenvalue weighted by Crippen LogP contribution is 2.31. The van der Waals surface area contributed by atoms with E-state index in [-0.39, 0.29) is 23.8 Å². The van der Waals surface area contributed by atoms with Crippen LogP contribution in [0.1, 0.15) is 6.92 Å². The smallest absolute Gasteiger partial charge is 0.333 e. The van der Waals surface area contributed by atoms with Crippen molar-refractivity contribution < 1.29 is 19.1 Å². The van der Waals surface area contributed by atoms with E-state index >= 15 is 0 Å². The number of benzene rings is 2. The highest BCUT2D eigenvalue weighted by atomic mass is 32.2. The zero-order valence-corrected chi connectivity index (χ0v) is 20.4. The number of nitrogens with zero attached hydrogens (tertiary/aromatic N) is 3. The monoisotopic (exact) mass is 497 g/mol. The van der Waals surface area contributed by atoms with Crippen LogP contribution in [0.5, 0.6) is 5.75 Å². The van der Waals surface area contributed by atoms with E-state index in [0.717, 1.165) is 0 Å². The average molecular weight is 498 g/mol. The molecule has 4 rings (SSSR count). The molecular formula is C24H23N3O5S2. The van der Waals surface area contributed by atoms with Gasteiger partial charge in [-0.1, -0.05) is 47.8 Å². The van der Waals surface area contributed by atoms with Crippen molar-refractivity contribution in [2.45, 2.75) is 12.1 Å². The van der Waals surface area contributed by atoms with E-state index in [9.17, 15) is 14.4 Å². The molecule has 1 aliphatic rings. The first-order valence-electron chi connectivity index (χ1n) is 10.6. The van der Waals surface area contributed by atoms with Crippen molar-refractivity contribution in [3.05, 3.63) is 70.0 Å².